The van der Waals surface area contributed by atoms with Gasteiger partial charge < -0.3 is 9.84 Å². The first kappa shape index (κ1) is 20.5. The lowest BCUT2D eigenvalue weighted by molar-refractivity contribution is -0.185. The van der Waals surface area contributed by atoms with Crippen molar-refractivity contribution < 1.29 is 24.2 Å². The molecule has 2 saturated carbocycles. The van der Waals surface area contributed by atoms with Crippen molar-refractivity contribution >= 4 is 17.5 Å². The molecule has 0 amide bonds. The van der Waals surface area contributed by atoms with Gasteiger partial charge in [0.15, 0.2) is 17.2 Å². The van der Waals surface area contributed by atoms with E-state index < -0.39 is 17.0 Å². The Morgan fingerprint density at radius 3 is 2.45 bits per heavy atom. The van der Waals surface area contributed by atoms with E-state index in [-0.39, 0.29) is 35.4 Å². The fourth-order valence-corrected chi connectivity index (χ4v) is 7.45. The Hall–Kier alpha value is -1.75. The summed E-state index contributed by atoms with van der Waals surface area (Å²) in [4.78, 5) is 36.8. The molecule has 5 heteroatoms. The van der Waals surface area contributed by atoms with Crippen LogP contribution in [0.5, 0.6) is 0 Å². The van der Waals surface area contributed by atoms with E-state index in [1.54, 1.807) is 13.0 Å². The van der Waals surface area contributed by atoms with Gasteiger partial charge in [-0.3, -0.25) is 14.4 Å². The Kier molecular flexibility index (Phi) is 4.69. The quantitative estimate of drug-likeness (QED) is 0.733. The van der Waals surface area contributed by atoms with E-state index in [1.807, 2.05) is 0 Å². The highest BCUT2D eigenvalue weighted by Crippen LogP contribution is 2.67. The second-order valence-corrected chi connectivity index (χ2v) is 10.1. The number of esters is 1. The van der Waals surface area contributed by atoms with Crippen molar-refractivity contribution in [3.05, 3.63) is 23.3 Å². The van der Waals surface area contributed by atoms with Gasteiger partial charge in [0.05, 0.1) is 6.61 Å². The highest BCUT2D eigenvalue weighted by Gasteiger charge is 2.67. The largest absolute Gasteiger partial charge is 0.451 e. The van der Waals surface area contributed by atoms with Crippen LogP contribution in [0.3, 0.4) is 0 Å². The number of carbonyl (C=O) groups is 3. The van der Waals surface area contributed by atoms with E-state index in [2.05, 4.69) is 19.9 Å². The molecule has 158 valence electrons. The number of hydrogen-bond acceptors (Lipinski definition) is 5. The van der Waals surface area contributed by atoms with Crippen molar-refractivity contribution in [2.45, 2.75) is 71.8 Å². The normalized spacial score (nSPS) is 43.5. The minimum Gasteiger partial charge on any atom is -0.451 e. The SMILES string of the molecule is CC(=O)O[C@]1(C(C)=O)CC[C@H]2[C@@H]3C=C(CO)C4=CC(=O)CC[C@]4(C)[C@H]3CC[C@@]21C. The third-order valence-electron chi connectivity index (χ3n) is 8.88. The van der Waals surface area contributed by atoms with Crippen LogP contribution in [0.4, 0.5) is 0 Å². The van der Waals surface area contributed by atoms with Gasteiger partial charge >= 0.3 is 5.97 Å². The molecule has 0 aliphatic heterocycles. The number of fused-ring (bicyclic) bond motifs is 5. The molecule has 0 unspecified atom stereocenters. The average molecular weight is 401 g/mol. The summed E-state index contributed by atoms with van der Waals surface area (Å²) in [6.45, 7) is 7.22. The molecule has 4 rings (SSSR count). The second-order valence-electron chi connectivity index (χ2n) is 10.1. The molecule has 1 N–H and O–H groups in total. The molecule has 0 radical (unpaired) electrons. The highest BCUT2D eigenvalue weighted by molar-refractivity contribution is 5.93. The van der Waals surface area contributed by atoms with Crippen LogP contribution in [0.15, 0.2) is 23.3 Å². The van der Waals surface area contributed by atoms with Crippen LogP contribution in [0.2, 0.25) is 0 Å². The molecule has 0 heterocycles. The second kappa shape index (κ2) is 6.63. The van der Waals surface area contributed by atoms with Crippen molar-refractivity contribution in [2.75, 3.05) is 6.61 Å². The first-order valence-corrected chi connectivity index (χ1v) is 10.9. The number of ether oxygens (including phenoxy) is 1. The number of aliphatic hydroxyl groups is 1. The number of hydrogen-bond donors (Lipinski definition) is 1. The maximum atomic E-state index is 12.8. The van der Waals surface area contributed by atoms with E-state index >= 15 is 0 Å². The first-order chi connectivity index (χ1) is 13.6. The van der Waals surface area contributed by atoms with Crippen LogP contribution in [0, 0.1) is 28.6 Å². The van der Waals surface area contributed by atoms with Crippen LogP contribution in [-0.2, 0) is 19.1 Å². The Balaban J connectivity index is 1.81. The van der Waals surface area contributed by atoms with Gasteiger partial charge in [-0.2, -0.15) is 0 Å². The highest BCUT2D eigenvalue weighted by atomic mass is 16.6. The third kappa shape index (κ3) is 2.66. The zero-order valence-corrected chi connectivity index (χ0v) is 17.9. The Morgan fingerprint density at radius 2 is 1.83 bits per heavy atom. The Morgan fingerprint density at radius 1 is 1.14 bits per heavy atom. The molecular weight excluding hydrogens is 368 g/mol. The summed E-state index contributed by atoms with van der Waals surface area (Å²) < 4.78 is 5.80. The van der Waals surface area contributed by atoms with Crippen LogP contribution in [0.25, 0.3) is 0 Å². The summed E-state index contributed by atoms with van der Waals surface area (Å²) in [6.07, 6.45) is 8.41. The summed E-state index contributed by atoms with van der Waals surface area (Å²) >= 11 is 0. The maximum Gasteiger partial charge on any atom is 0.303 e. The van der Waals surface area contributed by atoms with Gasteiger partial charge in [-0.05, 0) is 79.4 Å². The molecule has 0 spiro atoms. The molecule has 0 bridgehead atoms. The zero-order chi connectivity index (χ0) is 21.2. The molecule has 0 aromatic rings. The molecule has 0 aromatic carbocycles. The van der Waals surface area contributed by atoms with Gasteiger partial charge in [-0.15, -0.1) is 0 Å². The fourth-order valence-electron chi connectivity index (χ4n) is 7.45. The predicted molar refractivity (Wildman–Crippen MR) is 108 cm³/mol. The fraction of sp³-hybridized carbons (Fsp3) is 0.708. The van der Waals surface area contributed by atoms with Gasteiger partial charge in [0.2, 0.25) is 0 Å². The van der Waals surface area contributed by atoms with Crippen molar-refractivity contribution in [1.29, 1.82) is 0 Å². The first-order valence-electron chi connectivity index (χ1n) is 10.9. The summed E-state index contributed by atoms with van der Waals surface area (Å²) in [5, 5.41) is 10.1. The number of aliphatic hydroxyl groups excluding tert-OH is 1. The topological polar surface area (TPSA) is 80.7 Å². The van der Waals surface area contributed by atoms with Crippen molar-refractivity contribution in [3.63, 3.8) is 0 Å². The minimum absolute atomic E-state index is 0.0617. The van der Waals surface area contributed by atoms with E-state index in [0.29, 0.717) is 18.8 Å². The third-order valence-corrected chi connectivity index (χ3v) is 8.88. The average Bonchev–Trinajstić information content (AvgIpc) is 2.95. The minimum atomic E-state index is -1.05. The maximum absolute atomic E-state index is 12.8. The van der Waals surface area contributed by atoms with E-state index in [1.165, 1.54) is 6.92 Å². The molecule has 4 aliphatic carbocycles. The molecule has 0 aromatic heterocycles. The molecule has 6 atom stereocenters. The number of carbonyl (C=O) groups excluding carboxylic acids is 3. The Labute approximate surface area is 172 Å². The summed E-state index contributed by atoms with van der Waals surface area (Å²) in [6, 6.07) is 0. The van der Waals surface area contributed by atoms with Crippen molar-refractivity contribution in [1.82, 2.24) is 0 Å². The summed E-state index contributed by atoms with van der Waals surface area (Å²) in [5.74, 6) is 0.471. The smallest absolute Gasteiger partial charge is 0.303 e. The Bertz CT molecular complexity index is 838. The summed E-state index contributed by atoms with van der Waals surface area (Å²) in [7, 11) is 0. The number of rotatable bonds is 3. The van der Waals surface area contributed by atoms with Gasteiger partial charge in [-0.25, -0.2) is 0 Å². The van der Waals surface area contributed by atoms with Crippen molar-refractivity contribution in [3.8, 4) is 0 Å². The molecule has 2 fully saturated rings. The lowest BCUT2D eigenvalue weighted by Crippen LogP contribution is -2.58. The number of Topliss-reactive ketones (excluding diaryl/α,β-unsaturated/α-hetero) is 1. The van der Waals surface area contributed by atoms with Crippen LogP contribution < -0.4 is 0 Å². The predicted octanol–water partition coefficient (Wildman–Crippen LogP) is 3.55. The van der Waals surface area contributed by atoms with Crippen molar-refractivity contribution in [2.24, 2.45) is 28.6 Å². The zero-order valence-electron chi connectivity index (χ0n) is 17.9. The molecular formula is C24H32O5. The molecule has 29 heavy (non-hydrogen) atoms. The van der Waals surface area contributed by atoms with Crippen LogP contribution in [-0.4, -0.2) is 34.9 Å². The van der Waals surface area contributed by atoms with Gasteiger partial charge in [-0.1, -0.05) is 19.9 Å². The lowest BCUT2D eigenvalue weighted by atomic mass is 9.47. The lowest BCUT2D eigenvalue weighted by Gasteiger charge is -2.58. The molecule has 4 aliphatic rings. The van der Waals surface area contributed by atoms with Crippen LogP contribution in [0.1, 0.15) is 66.2 Å². The van der Waals surface area contributed by atoms with Gasteiger partial charge in [0.1, 0.15) is 0 Å². The molecule has 5 nitrogen and oxygen atoms in total. The van der Waals surface area contributed by atoms with E-state index in [0.717, 1.165) is 36.8 Å². The van der Waals surface area contributed by atoms with Gasteiger partial charge in [0, 0.05) is 18.8 Å². The van der Waals surface area contributed by atoms with E-state index in [4.69, 9.17) is 4.74 Å². The van der Waals surface area contributed by atoms with Crippen LogP contribution >= 0.6 is 0 Å². The standard InChI is InChI=1S/C24H32O5/c1-14(26)24(29-15(2)27)10-7-20-18-11-16(13-25)21-12-17(28)5-8-22(21,3)19(18)6-9-23(20,24)4/h11-12,18-20,25H,5-10,13H2,1-4H3/t18-,19+,20+,22-,23+,24+/m1/s1. The molecule has 0 saturated heterocycles. The number of allylic oxidation sites excluding steroid dienone is 2. The number of ketones is 2. The monoisotopic (exact) mass is 400 g/mol. The van der Waals surface area contributed by atoms with Gasteiger partial charge in [0.25, 0.3) is 0 Å². The van der Waals surface area contributed by atoms with E-state index in [9.17, 15) is 19.5 Å². The summed E-state index contributed by atoms with van der Waals surface area (Å²) in [5.41, 5.74) is 0.276.